The third-order valence-electron chi connectivity index (χ3n) is 10.9. The van der Waals surface area contributed by atoms with E-state index in [0.717, 1.165) is 0 Å². The molecule has 3 aliphatic rings. The van der Waals surface area contributed by atoms with Crippen LogP contribution < -0.4 is 0 Å². The van der Waals surface area contributed by atoms with E-state index in [1.165, 1.54) is 99.5 Å². The van der Waals surface area contributed by atoms with E-state index in [0.29, 0.717) is 0 Å². The number of allylic oxidation sites excluding steroid dienone is 4. The van der Waals surface area contributed by atoms with Crippen LogP contribution in [0, 0.1) is 55.4 Å². The summed E-state index contributed by atoms with van der Waals surface area (Å²) < 4.78 is 0. The van der Waals surface area contributed by atoms with Gasteiger partial charge in [0.05, 0.1) is 5.41 Å². The summed E-state index contributed by atoms with van der Waals surface area (Å²) in [5, 5.41) is 2.39. The number of fused-ring (bicyclic) bond motifs is 7. The Morgan fingerprint density at radius 3 is 1.54 bits per heavy atom. The van der Waals surface area contributed by atoms with Crippen LogP contribution in [0.15, 0.2) is 34.6 Å². The largest absolute Gasteiger partial charge is 0.0980 e. The molecule has 0 unspecified atom stereocenters. The first-order chi connectivity index (χ1) is 18.3. The van der Waals surface area contributed by atoms with Gasteiger partial charge in [-0.05, 0) is 181 Å². The Kier molecular flexibility index (Phi) is 5.68. The Morgan fingerprint density at radius 2 is 1.03 bits per heavy atom. The van der Waals surface area contributed by atoms with Gasteiger partial charge in [0.2, 0.25) is 0 Å². The summed E-state index contributed by atoms with van der Waals surface area (Å²) in [5.74, 6) is 0. The fourth-order valence-electron chi connectivity index (χ4n) is 7.87. The van der Waals surface area contributed by atoms with Gasteiger partial charge in [0.1, 0.15) is 0 Å². The quantitative estimate of drug-likeness (QED) is 0.278. The highest BCUT2D eigenvalue weighted by atomic mass is 32.2. The van der Waals surface area contributed by atoms with Crippen molar-refractivity contribution in [1.82, 2.24) is 0 Å². The predicted octanol–water partition coefficient (Wildman–Crippen LogP) is 10.7. The van der Waals surface area contributed by atoms with Crippen LogP contribution >= 0.6 is 11.8 Å². The Labute approximate surface area is 240 Å². The van der Waals surface area contributed by atoms with Gasteiger partial charge in [-0.3, -0.25) is 0 Å². The van der Waals surface area contributed by atoms with Gasteiger partial charge in [-0.15, -0.1) is 0 Å². The standard InChI is InChI=1S/C38H42S/c1-19-21(3)27(9)35-33(23(19)5)25(7)26(8)34-24(6)20(2)22(4)28(10)36(34)38(35)15-16-39-32-18-30-29(17-31(32)38)13-14-37(30,11)12/h13-18H,1-12H3. The lowest BCUT2D eigenvalue weighted by Crippen LogP contribution is -2.34. The van der Waals surface area contributed by atoms with E-state index in [1.807, 2.05) is 11.8 Å². The topological polar surface area (TPSA) is 0 Å². The maximum Gasteiger partial charge on any atom is 0.0668 e. The van der Waals surface area contributed by atoms with Crippen LogP contribution in [-0.4, -0.2) is 0 Å². The minimum absolute atomic E-state index is 0.0632. The molecule has 1 aliphatic heterocycles. The number of thioether (sulfide) groups is 1. The van der Waals surface area contributed by atoms with Crippen LogP contribution in [0.2, 0.25) is 0 Å². The highest BCUT2D eigenvalue weighted by Crippen LogP contribution is 2.59. The second kappa shape index (κ2) is 8.37. The predicted molar refractivity (Wildman–Crippen MR) is 172 cm³/mol. The van der Waals surface area contributed by atoms with Crippen molar-refractivity contribution in [2.45, 2.75) is 98.8 Å². The molecule has 0 radical (unpaired) electrons. The van der Waals surface area contributed by atoms with E-state index in [4.69, 9.17) is 0 Å². The SMILES string of the molecule is CC1=C(C)c2c(C)c(C)c(C)c(C)c2C2(C=CSc3cc4c(cc32)C=CC4(C)C)c2c(C)c(C)c(C)c(C)c21. The zero-order valence-electron chi connectivity index (χ0n) is 25.9. The van der Waals surface area contributed by atoms with Crippen molar-refractivity contribution in [3.05, 3.63) is 113 Å². The van der Waals surface area contributed by atoms with Gasteiger partial charge in [-0.2, -0.15) is 0 Å². The first-order valence-electron chi connectivity index (χ1n) is 14.4. The monoisotopic (exact) mass is 530 g/mol. The Hall–Kier alpha value is -2.77. The highest BCUT2D eigenvalue weighted by Gasteiger charge is 2.47. The Bertz CT molecular complexity index is 1650. The summed E-state index contributed by atoms with van der Waals surface area (Å²) in [7, 11) is 0. The number of hydrogen-bond acceptors (Lipinski definition) is 1. The Balaban J connectivity index is 1.93. The van der Waals surface area contributed by atoms with Crippen molar-refractivity contribution in [1.29, 1.82) is 0 Å². The van der Waals surface area contributed by atoms with Gasteiger partial charge < -0.3 is 0 Å². The van der Waals surface area contributed by atoms with Crippen LogP contribution in [0.5, 0.6) is 0 Å². The Morgan fingerprint density at radius 1 is 0.538 bits per heavy atom. The summed E-state index contributed by atoms with van der Waals surface area (Å²) in [6.07, 6.45) is 7.29. The molecule has 0 bridgehead atoms. The molecule has 0 aromatic heterocycles. The zero-order valence-corrected chi connectivity index (χ0v) is 26.7. The lowest BCUT2D eigenvalue weighted by molar-refractivity contribution is 0.675. The van der Waals surface area contributed by atoms with Crippen molar-refractivity contribution in [3.8, 4) is 0 Å². The van der Waals surface area contributed by atoms with Gasteiger partial charge in [0, 0.05) is 10.3 Å². The van der Waals surface area contributed by atoms with Gasteiger partial charge in [0.15, 0.2) is 0 Å². The molecule has 200 valence electrons. The molecule has 3 aromatic rings. The van der Waals surface area contributed by atoms with Gasteiger partial charge >= 0.3 is 0 Å². The van der Waals surface area contributed by atoms with E-state index < -0.39 is 0 Å². The molecule has 0 nitrogen and oxygen atoms in total. The van der Waals surface area contributed by atoms with Crippen molar-refractivity contribution in [3.63, 3.8) is 0 Å². The van der Waals surface area contributed by atoms with Gasteiger partial charge in [0.25, 0.3) is 0 Å². The molecule has 0 fully saturated rings. The first-order valence-corrected chi connectivity index (χ1v) is 15.3. The van der Waals surface area contributed by atoms with E-state index in [2.05, 4.69) is 119 Å². The van der Waals surface area contributed by atoms with Crippen LogP contribution in [0.1, 0.15) is 111 Å². The normalized spacial score (nSPS) is 17.7. The molecular formula is C38H42S. The van der Waals surface area contributed by atoms with E-state index in [9.17, 15) is 0 Å². The molecule has 0 atom stereocenters. The van der Waals surface area contributed by atoms with Crippen LogP contribution in [-0.2, 0) is 10.8 Å². The molecule has 1 heterocycles. The fourth-order valence-corrected chi connectivity index (χ4v) is 8.82. The lowest BCUT2D eigenvalue weighted by Gasteiger charge is -2.42. The minimum atomic E-state index is -0.361. The van der Waals surface area contributed by atoms with Crippen molar-refractivity contribution < 1.29 is 0 Å². The maximum absolute atomic E-state index is 2.56. The molecule has 1 spiro atoms. The summed E-state index contributed by atoms with van der Waals surface area (Å²) >= 11 is 1.89. The molecule has 0 N–H and O–H groups in total. The number of rotatable bonds is 0. The van der Waals surface area contributed by atoms with Crippen molar-refractivity contribution in [2.75, 3.05) is 0 Å². The van der Waals surface area contributed by atoms with Crippen molar-refractivity contribution in [2.24, 2.45) is 0 Å². The second-order valence-corrected chi connectivity index (χ2v) is 13.9. The summed E-state index contributed by atoms with van der Waals surface area (Å²) in [6, 6.07) is 5.05. The molecule has 39 heavy (non-hydrogen) atoms. The molecule has 0 amide bonds. The average Bonchev–Trinajstić information content (AvgIpc) is 3.17. The third kappa shape index (κ3) is 3.20. The molecule has 3 aromatic carbocycles. The molecule has 2 aliphatic carbocycles. The summed E-state index contributed by atoms with van der Waals surface area (Å²) in [4.78, 5) is 1.40. The van der Waals surface area contributed by atoms with E-state index in [1.54, 1.807) is 0 Å². The summed E-state index contributed by atoms with van der Waals surface area (Å²) in [5.41, 5.74) is 24.1. The molecule has 0 saturated carbocycles. The second-order valence-electron chi connectivity index (χ2n) is 13.0. The lowest BCUT2D eigenvalue weighted by atomic mass is 9.62. The van der Waals surface area contributed by atoms with Gasteiger partial charge in [-0.1, -0.05) is 43.8 Å². The fraction of sp³-hybridized carbons (Fsp3) is 0.368. The molecule has 1 heteroatoms. The smallest absolute Gasteiger partial charge is 0.0668 e. The van der Waals surface area contributed by atoms with Crippen molar-refractivity contribution >= 4 is 29.0 Å². The molecule has 6 rings (SSSR count). The van der Waals surface area contributed by atoms with Crippen LogP contribution in [0.3, 0.4) is 0 Å². The summed E-state index contributed by atoms with van der Waals surface area (Å²) in [6.45, 7) is 28.2. The first kappa shape index (κ1) is 26.5. The van der Waals surface area contributed by atoms with Gasteiger partial charge in [-0.25, -0.2) is 0 Å². The zero-order chi connectivity index (χ0) is 28.3. The highest BCUT2D eigenvalue weighted by molar-refractivity contribution is 8.02. The molecular weight excluding hydrogens is 488 g/mol. The van der Waals surface area contributed by atoms with Crippen LogP contribution in [0.4, 0.5) is 0 Å². The van der Waals surface area contributed by atoms with E-state index in [-0.39, 0.29) is 10.8 Å². The average molecular weight is 531 g/mol. The number of benzene rings is 3. The molecule has 0 saturated heterocycles. The van der Waals surface area contributed by atoms with Crippen LogP contribution in [0.25, 0.3) is 17.2 Å². The maximum atomic E-state index is 2.56. The number of hydrogen-bond donors (Lipinski definition) is 0. The van der Waals surface area contributed by atoms with E-state index >= 15 is 0 Å². The third-order valence-corrected chi connectivity index (χ3v) is 11.8. The minimum Gasteiger partial charge on any atom is -0.0980 e.